The van der Waals surface area contributed by atoms with Crippen LogP contribution in [0.5, 0.6) is 5.75 Å². The molecular weight excluding hydrogens is 408 g/mol. The zero-order valence-corrected chi connectivity index (χ0v) is 17.2. The van der Waals surface area contributed by atoms with Gasteiger partial charge in [0.2, 0.25) is 15.9 Å². The van der Waals surface area contributed by atoms with Gasteiger partial charge in [0.1, 0.15) is 11.8 Å². The van der Waals surface area contributed by atoms with Crippen LogP contribution in [-0.4, -0.2) is 49.4 Å². The molecule has 8 nitrogen and oxygen atoms in total. The summed E-state index contributed by atoms with van der Waals surface area (Å²) in [4.78, 5) is 27.1. The summed E-state index contributed by atoms with van der Waals surface area (Å²) in [5.41, 5.74) is 1.23. The van der Waals surface area contributed by atoms with Crippen molar-refractivity contribution in [3.63, 3.8) is 0 Å². The lowest BCUT2D eigenvalue weighted by Crippen LogP contribution is -2.50. The number of amides is 1. The van der Waals surface area contributed by atoms with Crippen LogP contribution in [-0.2, 0) is 30.9 Å². The molecule has 4 rings (SSSR count). The SMILES string of the molecule is COC(=O)C1CN(C(=O)C2CC2)c2ccccc2CN1S(=O)(=O)c1ccc(O)cc1. The summed E-state index contributed by atoms with van der Waals surface area (Å²) in [5.74, 6) is -1.02. The molecule has 2 aliphatic rings. The number of anilines is 1. The van der Waals surface area contributed by atoms with Crippen LogP contribution in [0.25, 0.3) is 0 Å². The predicted molar refractivity (Wildman–Crippen MR) is 108 cm³/mol. The van der Waals surface area contributed by atoms with Crippen LogP contribution in [0.3, 0.4) is 0 Å². The van der Waals surface area contributed by atoms with Crippen molar-refractivity contribution in [2.75, 3.05) is 18.6 Å². The molecule has 1 amide bonds. The summed E-state index contributed by atoms with van der Waals surface area (Å²) in [6, 6.07) is 11.0. The molecule has 0 spiro atoms. The van der Waals surface area contributed by atoms with Gasteiger partial charge < -0.3 is 14.7 Å². The summed E-state index contributed by atoms with van der Waals surface area (Å²) in [6.45, 7) is -0.218. The van der Waals surface area contributed by atoms with Crippen molar-refractivity contribution in [2.45, 2.75) is 30.3 Å². The number of aromatic hydroxyl groups is 1. The van der Waals surface area contributed by atoms with E-state index in [1.807, 2.05) is 0 Å². The minimum atomic E-state index is -4.12. The minimum Gasteiger partial charge on any atom is -0.508 e. The normalized spacial score (nSPS) is 19.6. The van der Waals surface area contributed by atoms with Crippen LogP contribution >= 0.6 is 0 Å². The smallest absolute Gasteiger partial charge is 0.326 e. The Bertz CT molecular complexity index is 1080. The fraction of sp³-hybridized carbons (Fsp3) is 0.333. The third-order valence-corrected chi connectivity index (χ3v) is 7.29. The first-order chi connectivity index (χ1) is 14.3. The molecule has 0 aromatic heterocycles. The molecule has 0 saturated heterocycles. The lowest BCUT2D eigenvalue weighted by Gasteiger charge is -2.29. The number of benzene rings is 2. The number of carbonyl (C=O) groups excluding carboxylic acids is 2. The molecule has 0 bridgehead atoms. The van der Waals surface area contributed by atoms with Crippen molar-refractivity contribution in [3.05, 3.63) is 54.1 Å². The van der Waals surface area contributed by atoms with Crippen LogP contribution in [0.1, 0.15) is 18.4 Å². The summed E-state index contributed by atoms with van der Waals surface area (Å²) >= 11 is 0. The van der Waals surface area contributed by atoms with Gasteiger partial charge in [0.15, 0.2) is 0 Å². The average molecular weight is 430 g/mol. The molecule has 1 unspecified atom stereocenters. The Hall–Kier alpha value is -2.91. The van der Waals surface area contributed by atoms with Gasteiger partial charge >= 0.3 is 5.97 Å². The maximum Gasteiger partial charge on any atom is 0.326 e. The minimum absolute atomic E-state index is 0.0614. The van der Waals surface area contributed by atoms with Crippen LogP contribution < -0.4 is 4.90 Å². The quantitative estimate of drug-likeness (QED) is 0.743. The Morgan fingerprint density at radius 3 is 2.37 bits per heavy atom. The van der Waals surface area contributed by atoms with Gasteiger partial charge in [0, 0.05) is 18.2 Å². The number of carbonyl (C=O) groups is 2. The van der Waals surface area contributed by atoms with E-state index in [1.165, 1.54) is 36.3 Å². The topological polar surface area (TPSA) is 104 Å². The number of esters is 1. The van der Waals surface area contributed by atoms with E-state index in [9.17, 15) is 23.1 Å². The number of fused-ring (bicyclic) bond motifs is 1. The van der Waals surface area contributed by atoms with Gasteiger partial charge in [-0.15, -0.1) is 0 Å². The number of methoxy groups -OCH3 is 1. The maximum absolute atomic E-state index is 13.4. The first-order valence-electron chi connectivity index (χ1n) is 9.61. The number of rotatable bonds is 4. The van der Waals surface area contributed by atoms with Crippen molar-refractivity contribution in [3.8, 4) is 5.75 Å². The van der Waals surface area contributed by atoms with Crippen LogP contribution in [0.15, 0.2) is 53.4 Å². The zero-order valence-electron chi connectivity index (χ0n) is 16.4. The number of ether oxygens (including phenoxy) is 1. The van der Waals surface area contributed by atoms with E-state index in [4.69, 9.17) is 4.74 Å². The van der Waals surface area contributed by atoms with Crippen LogP contribution in [0, 0.1) is 5.92 Å². The largest absolute Gasteiger partial charge is 0.508 e. The van der Waals surface area contributed by atoms with Gasteiger partial charge in [-0.05, 0) is 48.7 Å². The molecule has 2 aromatic carbocycles. The molecule has 1 aliphatic carbocycles. The van der Waals surface area contributed by atoms with Gasteiger partial charge in [-0.2, -0.15) is 4.31 Å². The average Bonchev–Trinajstić information content (AvgIpc) is 3.59. The van der Waals surface area contributed by atoms with E-state index >= 15 is 0 Å². The third kappa shape index (κ3) is 3.66. The Balaban J connectivity index is 1.82. The van der Waals surface area contributed by atoms with Crippen molar-refractivity contribution >= 4 is 27.6 Å². The summed E-state index contributed by atoms with van der Waals surface area (Å²) in [5, 5.41) is 9.51. The second-order valence-electron chi connectivity index (χ2n) is 7.43. The highest BCUT2D eigenvalue weighted by Crippen LogP contribution is 2.37. The van der Waals surface area contributed by atoms with Gasteiger partial charge in [0.25, 0.3) is 0 Å². The van der Waals surface area contributed by atoms with E-state index in [0.717, 1.165) is 17.1 Å². The van der Waals surface area contributed by atoms with E-state index in [-0.39, 0.29) is 35.6 Å². The number of sulfonamides is 1. The van der Waals surface area contributed by atoms with E-state index in [0.29, 0.717) is 11.3 Å². The molecule has 0 radical (unpaired) electrons. The highest BCUT2D eigenvalue weighted by Gasteiger charge is 2.44. The van der Waals surface area contributed by atoms with E-state index in [2.05, 4.69) is 0 Å². The molecule has 1 saturated carbocycles. The highest BCUT2D eigenvalue weighted by atomic mass is 32.2. The molecule has 1 aliphatic heterocycles. The highest BCUT2D eigenvalue weighted by molar-refractivity contribution is 7.89. The number of para-hydroxylation sites is 1. The number of phenols is 1. The zero-order chi connectivity index (χ0) is 21.5. The van der Waals surface area contributed by atoms with Crippen molar-refractivity contribution in [1.29, 1.82) is 0 Å². The number of phenolic OH excluding ortho intramolecular Hbond substituents is 1. The molecule has 30 heavy (non-hydrogen) atoms. The Morgan fingerprint density at radius 1 is 1.07 bits per heavy atom. The van der Waals surface area contributed by atoms with Crippen molar-refractivity contribution in [2.24, 2.45) is 5.92 Å². The van der Waals surface area contributed by atoms with Gasteiger partial charge in [0.05, 0.1) is 18.6 Å². The molecule has 1 atom stereocenters. The van der Waals surface area contributed by atoms with E-state index in [1.54, 1.807) is 24.3 Å². The molecular formula is C21H22N2O6S. The van der Waals surface area contributed by atoms with Gasteiger partial charge in [-0.3, -0.25) is 9.59 Å². The van der Waals surface area contributed by atoms with Crippen molar-refractivity contribution in [1.82, 2.24) is 4.31 Å². The second kappa shape index (κ2) is 7.73. The molecule has 1 heterocycles. The molecule has 158 valence electrons. The van der Waals surface area contributed by atoms with Crippen molar-refractivity contribution < 1.29 is 27.9 Å². The lowest BCUT2D eigenvalue weighted by molar-refractivity contribution is -0.145. The van der Waals surface area contributed by atoms with Gasteiger partial charge in [-0.1, -0.05) is 18.2 Å². The Labute approximate surface area is 174 Å². The monoisotopic (exact) mass is 430 g/mol. The molecule has 2 aromatic rings. The maximum atomic E-state index is 13.4. The summed E-state index contributed by atoms with van der Waals surface area (Å²) in [6.07, 6.45) is 1.58. The summed E-state index contributed by atoms with van der Waals surface area (Å²) in [7, 11) is -2.93. The first-order valence-corrected chi connectivity index (χ1v) is 11.0. The van der Waals surface area contributed by atoms with Crippen LogP contribution in [0.2, 0.25) is 0 Å². The standard InChI is InChI=1S/C21H22N2O6S/c1-29-21(26)19-13-22(20(25)14-6-7-14)18-5-3-2-4-15(18)12-23(19)30(27,28)17-10-8-16(24)9-11-17/h2-5,8-11,14,19,24H,6-7,12-13H2,1H3. The van der Waals surface area contributed by atoms with Gasteiger partial charge in [-0.25, -0.2) is 8.42 Å². The van der Waals surface area contributed by atoms with E-state index < -0.39 is 22.0 Å². The Morgan fingerprint density at radius 2 is 1.73 bits per heavy atom. The number of hydrogen-bond acceptors (Lipinski definition) is 6. The number of nitrogens with zero attached hydrogens (tertiary/aromatic N) is 2. The fourth-order valence-corrected chi connectivity index (χ4v) is 5.19. The molecule has 9 heteroatoms. The summed E-state index contributed by atoms with van der Waals surface area (Å²) < 4.78 is 32.9. The number of hydrogen-bond donors (Lipinski definition) is 1. The predicted octanol–water partition coefficient (Wildman–Crippen LogP) is 1.88. The molecule has 1 fully saturated rings. The third-order valence-electron chi connectivity index (χ3n) is 5.42. The first kappa shape index (κ1) is 20.4. The fourth-order valence-electron chi connectivity index (χ4n) is 3.64. The second-order valence-corrected chi connectivity index (χ2v) is 9.33. The Kier molecular flexibility index (Phi) is 5.25. The molecule has 1 N–H and O–H groups in total. The van der Waals surface area contributed by atoms with Crippen LogP contribution in [0.4, 0.5) is 5.69 Å². The lowest BCUT2D eigenvalue weighted by atomic mass is 10.1.